The highest BCUT2D eigenvalue weighted by Gasteiger charge is 2.23. The Balaban J connectivity index is 1.84. The van der Waals surface area contributed by atoms with Crippen molar-refractivity contribution in [1.82, 2.24) is 10.1 Å². The summed E-state index contributed by atoms with van der Waals surface area (Å²) in [4.78, 5) is 14.8. The molecule has 0 spiro atoms. The van der Waals surface area contributed by atoms with Crippen molar-refractivity contribution in [3.63, 3.8) is 0 Å². The highest BCUT2D eigenvalue weighted by atomic mass is 16.5. The minimum atomic E-state index is -0.781. The Hall–Kier alpha value is -1.39. The van der Waals surface area contributed by atoms with Crippen LogP contribution in [-0.4, -0.2) is 21.2 Å². The van der Waals surface area contributed by atoms with Crippen LogP contribution in [0.5, 0.6) is 0 Å². The summed E-state index contributed by atoms with van der Waals surface area (Å²) in [5.41, 5.74) is 0. The van der Waals surface area contributed by atoms with Crippen LogP contribution in [-0.2, 0) is 11.2 Å². The molecule has 0 saturated heterocycles. The minimum Gasteiger partial charge on any atom is -0.481 e. The molecule has 0 radical (unpaired) electrons. The van der Waals surface area contributed by atoms with Gasteiger partial charge in [0.25, 0.3) is 0 Å². The maximum Gasteiger partial charge on any atom is 0.303 e. The predicted molar refractivity (Wildman–Crippen MR) is 65.2 cm³/mol. The molecule has 100 valence electrons. The molecule has 0 atom stereocenters. The SMILES string of the molecule is CC1CCC(c2noc(CCCC(=O)O)n2)CC1. The molecule has 5 nitrogen and oxygen atoms in total. The Morgan fingerprint density at radius 1 is 1.39 bits per heavy atom. The third kappa shape index (κ3) is 3.55. The molecule has 0 amide bonds. The number of aliphatic carboxylic acids is 1. The second-order valence-corrected chi connectivity index (χ2v) is 5.25. The van der Waals surface area contributed by atoms with E-state index in [9.17, 15) is 4.79 Å². The Kier molecular flexibility index (Phi) is 4.33. The zero-order valence-corrected chi connectivity index (χ0v) is 10.8. The smallest absolute Gasteiger partial charge is 0.303 e. The highest BCUT2D eigenvalue weighted by Crippen LogP contribution is 2.34. The number of hydrogen-bond donors (Lipinski definition) is 1. The monoisotopic (exact) mass is 252 g/mol. The van der Waals surface area contributed by atoms with Gasteiger partial charge in [0.15, 0.2) is 5.82 Å². The summed E-state index contributed by atoms with van der Waals surface area (Å²) in [7, 11) is 0. The average molecular weight is 252 g/mol. The lowest BCUT2D eigenvalue weighted by Gasteiger charge is -2.23. The van der Waals surface area contributed by atoms with Crippen LogP contribution in [0.2, 0.25) is 0 Å². The van der Waals surface area contributed by atoms with Crippen molar-refractivity contribution in [2.24, 2.45) is 5.92 Å². The maximum atomic E-state index is 10.4. The van der Waals surface area contributed by atoms with Crippen molar-refractivity contribution in [2.45, 2.75) is 57.8 Å². The molecule has 2 rings (SSSR count). The first-order valence-electron chi connectivity index (χ1n) is 6.69. The number of aromatic nitrogens is 2. The third-order valence-electron chi connectivity index (χ3n) is 3.65. The van der Waals surface area contributed by atoms with Gasteiger partial charge in [0, 0.05) is 18.8 Å². The number of rotatable bonds is 5. The zero-order valence-electron chi connectivity index (χ0n) is 10.8. The van der Waals surface area contributed by atoms with Gasteiger partial charge >= 0.3 is 5.97 Å². The number of carboxylic acid groups (broad SMARTS) is 1. The molecule has 18 heavy (non-hydrogen) atoms. The summed E-state index contributed by atoms with van der Waals surface area (Å²) >= 11 is 0. The van der Waals surface area contributed by atoms with Crippen molar-refractivity contribution >= 4 is 5.97 Å². The molecule has 1 aliphatic rings. The number of carboxylic acids is 1. The fraction of sp³-hybridized carbons (Fsp3) is 0.769. The summed E-state index contributed by atoms with van der Waals surface area (Å²) < 4.78 is 5.17. The van der Waals surface area contributed by atoms with E-state index in [0.717, 1.165) is 24.6 Å². The van der Waals surface area contributed by atoms with Crippen LogP contribution in [0.4, 0.5) is 0 Å². The van der Waals surface area contributed by atoms with Gasteiger partial charge in [-0.1, -0.05) is 24.9 Å². The topological polar surface area (TPSA) is 76.2 Å². The van der Waals surface area contributed by atoms with Crippen molar-refractivity contribution in [2.75, 3.05) is 0 Å². The molecule has 1 fully saturated rings. The normalized spacial score (nSPS) is 24.1. The second kappa shape index (κ2) is 5.98. The van der Waals surface area contributed by atoms with E-state index in [1.165, 1.54) is 12.8 Å². The van der Waals surface area contributed by atoms with Gasteiger partial charge in [-0.25, -0.2) is 0 Å². The van der Waals surface area contributed by atoms with Crippen LogP contribution in [0.3, 0.4) is 0 Å². The number of carbonyl (C=O) groups is 1. The first-order valence-corrected chi connectivity index (χ1v) is 6.69. The summed E-state index contributed by atoms with van der Waals surface area (Å²) in [5.74, 6) is 1.84. The molecular formula is C13H20N2O3. The van der Waals surface area contributed by atoms with E-state index in [2.05, 4.69) is 17.1 Å². The van der Waals surface area contributed by atoms with Gasteiger partial charge in [-0.05, 0) is 25.2 Å². The molecule has 0 aliphatic heterocycles. The van der Waals surface area contributed by atoms with E-state index >= 15 is 0 Å². The lowest BCUT2D eigenvalue weighted by Crippen LogP contribution is -2.12. The second-order valence-electron chi connectivity index (χ2n) is 5.25. The van der Waals surface area contributed by atoms with E-state index < -0.39 is 5.97 Å². The van der Waals surface area contributed by atoms with E-state index in [0.29, 0.717) is 24.7 Å². The van der Waals surface area contributed by atoms with Crippen molar-refractivity contribution in [3.8, 4) is 0 Å². The average Bonchev–Trinajstić information content (AvgIpc) is 2.78. The van der Waals surface area contributed by atoms with E-state index in [4.69, 9.17) is 9.63 Å². The van der Waals surface area contributed by atoms with Crippen LogP contribution in [0.15, 0.2) is 4.52 Å². The van der Waals surface area contributed by atoms with Crippen LogP contribution in [0.25, 0.3) is 0 Å². The largest absolute Gasteiger partial charge is 0.481 e. The maximum absolute atomic E-state index is 10.4. The Morgan fingerprint density at radius 2 is 2.11 bits per heavy atom. The molecule has 0 bridgehead atoms. The standard InChI is InChI=1S/C13H20N2O3/c1-9-5-7-10(8-6-9)13-14-11(18-15-13)3-2-4-12(16)17/h9-10H,2-8H2,1H3,(H,16,17). The van der Waals surface area contributed by atoms with E-state index in [-0.39, 0.29) is 6.42 Å². The summed E-state index contributed by atoms with van der Waals surface area (Å²) in [5, 5.41) is 12.6. The molecular weight excluding hydrogens is 232 g/mol. The molecule has 0 aromatic carbocycles. The van der Waals surface area contributed by atoms with Crippen molar-refractivity contribution in [3.05, 3.63) is 11.7 Å². The number of aryl methyl sites for hydroxylation is 1. The van der Waals surface area contributed by atoms with Crippen LogP contribution in [0, 0.1) is 5.92 Å². The van der Waals surface area contributed by atoms with Gasteiger partial charge in [-0.15, -0.1) is 0 Å². The predicted octanol–water partition coefficient (Wildman–Crippen LogP) is 2.77. The molecule has 1 N–H and O–H groups in total. The Labute approximate surface area is 107 Å². The van der Waals surface area contributed by atoms with Crippen molar-refractivity contribution in [1.29, 1.82) is 0 Å². The van der Waals surface area contributed by atoms with Crippen LogP contribution < -0.4 is 0 Å². The van der Waals surface area contributed by atoms with Crippen LogP contribution >= 0.6 is 0 Å². The van der Waals surface area contributed by atoms with Gasteiger partial charge < -0.3 is 9.63 Å². The zero-order chi connectivity index (χ0) is 13.0. The number of nitrogens with zero attached hydrogens (tertiary/aromatic N) is 2. The quantitative estimate of drug-likeness (QED) is 0.872. The summed E-state index contributed by atoms with van der Waals surface area (Å²) in [6, 6.07) is 0. The van der Waals surface area contributed by atoms with Crippen LogP contribution in [0.1, 0.15) is 63.1 Å². The first-order chi connectivity index (χ1) is 8.65. The molecule has 1 aromatic rings. The Bertz CT molecular complexity index is 395. The fourth-order valence-corrected chi connectivity index (χ4v) is 2.44. The summed E-state index contributed by atoms with van der Waals surface area (Å²) in [6.45, 7) is 2.28. The van der Waals surface area contributed by atoms with Gasteiger partial charge in [0.1, 0.15) is 0 Å². The van der Waals surface area contributed by atoms with Gasteiger partial charge in [-0.3, -0.25) is 4.79 Å². The highest BCUT2D eigenvalue weighted by molar-refractivity contribution is 5.66. The fourth-order valence-electron chi connectivity index (χ4n) is 2.44. The molecule has 0 unspecified atom stereocenters. The molecule has 1 aromatic heterocycles. The van der Waals surface area contributed by atoms with Gasteiger partial charge in [0.2, 0.25) is 5.89 Å². The van der Waals surface area contributed by atoms with E-state index in [1.54, 1.807) is 0 Å². The molecule has 1 saturated carbocycles. The lowest BCUT2D eigenvalue weighted by atomic mass is 9.83. The first kappa shape index (κ1) is 13.1. The third-order valence-corrected chi connectivity index (χ3v) is 3.65. The Morgan fingerprint density at radius 3 is 2.78 bits per heavy atom. The molecule has 5 heteroatoms. The summed E-state index contributed by atoms with van der Waals surface area (Å²) in [6.07, 6.45) is 5.99. The van der Waals surface area contributed by atoms with Gasteiger partial charge in [0.05, 0.1) is 0 Å². The van der Waals surface area contributed by atoms with Crippen molar-refractivity contribution < 1.29 is 14.4 Å². The molecule has 1 aliphatic carbocycles. The molecule has 1 heterocycles. The minimum absolute atomic E-state index is 0.151. The number of hydrogen-bond acceptors (Lipinski definition) is 4. The lowest BCUT2D eigenvalue weighted by molar-refractivity contribution is -0.137. The van der Waals surface area contributed by atoms with Gasteiger partial charge in [-0.2, -0.15) is 4.98 Å². The van der Waals surface area contributed by atoms with E-state index in [1.807, 2.05) is 0 Å².